The van der Waals surface area contributed by atoms with Gasteiger partial charge in [0.15, 0.2) is 9.84 Å². The van der Waals surface area contributed by atoms with Crippen molar-refractivity contribution in [2.24, 2.45) is 0 Å². The van der Waals surface area contributed by atoms with Gasteiger partial charge in [-0.1, -0.05) is 23.7 Å². The fourth-order valence-electron chi connectivity index (χ4n) is 4.78. The second kappa shape index (κ2) is 9.95. The summed E-state index contributed by atoms with van der Waals surface area (Å²) in [7, 11) is -5.00. The van der Waals surface area contributed by atoms with E-state index in [9.17, 15) is 22.2 Å². The van der Waals surface area contributed by atoms with Gasteiger partial charge in [-0.3, -0.25) is 9.00 Å². The second-order valence-corrected chi connectivity index (χ2v) is 14.6. The highest BCUT2D eigenvalue weighted by Gasteiger charge is 2.53. The zero-order valence-electron chi connectivity index (χ0n) is 20.7. The van der Waals surface area contributed by atoms with Gasteiger partial charge in [-0.05, 0) is 62.2 Å². The number of fused-ring (bicyclic) bond motifs is 1. The summed E-state index contributed by atoms with van der Waals surface area (Å²) in [5.74, 6) is -0.450. The average Bonchev–Trinajstić information content (AvgIpc) is 3.01. The van der Waals surface area contributed by atoms with Gasteiger partial charge < -0.3 is 14.5 Å². The highest BCUT2D eigenvalue weighted by Crippen LogP contribution is 2.38. The van der Waals surface area contributed by atoms with E-state index in [0.29, 0.717) is 31.0 Å². The molecule has 1 spiro atoms. The molecule has 2 fully saturated rings. The van der Waals surface area contributed by atoms with Crippen molar-refractivity contribution in [1.82, 2.24) is 9.80 Å². The Balaban J connectivity index is 1.41. The van der Waals surface area contributed by atoms with E-state index in [4.69, 9.17) is 16.3 Å². The smallest absolute Gasteiger partial charge is 0.410 e. The van der Waals surface area contributed by atoms with Gasteiger partial charge in [0, 0.05) is 37.5 Å². The first-order valence-electron chi connectivity index (χ1n) is 11.9. The number of carbonyl (C=O) groups is 2. The first kappa shape index (κ1) is 26.9. The largest absolute Gasteiger partial charge is 0.444 e. The standard InChI is InChI=1S/C25H31ClN2O6S2/c1-24(2,3)34-23(30)27-12-9-25(10-13-27)28(22(29)17-35(25)31)11-4-14-36(32,33)21-8-6-18-15-20(26)7-5-19(18)16-21/h5-8,15-16H,4,9-14,17H2,1-3H3. The van der Waals surface area contributed by atoms with Crippen LogP contribution >= 0.6 is 11.6 Å². The lowest BCUT2D eigenvalue weighted by Crippen LogP contribution is -2.56. The first-order valence-corrected chi connectivity index (χ1v) is 15.2. The Labute approximate surface area is 219 Å². The van der Waals surface area contributed by atoms with E-state index in [2.05, 4.69) is 0 Å². The summed E-state index contributed by atoms with van der Waals surface area (Å²) in [4.78, 5) is 27.7. The molecule has 196 valence electrons. The van der Waals surface area contributed by atoms with Crippen LogP contribution in [-0.2, 0) is 30.2 Å². The van der Waals surface area contributed by atoms with Crippen LogP contribution in [0.2, 0.25) is 5.02 Å². The molecule has 0 N–H and O–H groups in total. The normalized spacial score (nSPS) is 20.3. The summed E-state index contributed by atoms with van der Waals surface area (Å²) in [6.07, 6.45) is 0.527. The van der Waals surface area contributed by atoms with Gasteiger partial charge in [0.1, 0.15) is 16.2 Å². The molecule has 0 bridgehead atoms. The van der Waals surface area contributed by atoms with Crippen molar-refractivity contribution in [3.63, 3.8) is 0 Å². The Bertz CT molecular complexity index is 1310. The highest BCUT2D eigenvalue weighted by molar-refractivity contribution is 7.91. The van der Waals surface area contributed by atoms with Crippen molar-refractivity contribution in [3.05, 3.63) is 41.4 Å². The number of likely N-dealkylation sites (tertiary alicyclic amines) is 1. The number of rotatable bonds is 5. The molecule has 2 aliphatic heterocycles. The van der Waals surface area contributed by atoms with Gasteiger partial charge in [0.2, 0.25) is 5.91 Å². The summed E-state index contributed by atoms with van der Waals surface area (Å²) < 4.78 is 44.5. The fourth-order valence-corrected chi connectivity index (χ4v) is 8.02. The van der Waals surface area contributed by atoms with Gasteiger partial charge in [-0.15, -0.1) is 0 Å². The third-order valence-electron chi connectivity index (χ3n) is 6.60. The molecule has 0 radical (unpaired) electrons. The van der Waals surface area contributed by atoms with Crippen LogP contribution in [0.5, 0.6) is 0 Å². The van der Waals surface area contributed by atoms with Crippen molar-refractivity contribution >= 4 is 55.0 Å². The summed E-state index contributed by atoms with van der Waals surface area (Å²) in [5, 5.41) is 2.21. The topological polar surface area (TPSA) is 101 Å². The van der Waals surface area contributed by atoms with E-state index in [-0.39, 0.29) is 35.3 Å². The van der Waals surface area contributed by atoms with Crippen LogP contribution in [0.3, 0.4) is 0 Å². The minimum Gasteiger partial charge on any atom is -0.444 e. The van der Waals surface area contributed by atoms with Gasteiger partial charge in [-0.2, -0.15) is 0 Å². The number of hydrogen-bond acceptors (Lipinski definition) is 6. The van der Waals surface area contributed by atoms with Crippen LogP contribution in [0.25, 0.3) is 10.8 Å². The molecule has 2 amide bonds. The van der Waals surface area contributed by atoms with E-state index in [0.717, 1.165) is 10.8 Å². The Kier molecular flexibility index (Phi) is 7.43. The molecule has 1 atom stereocenters. The molecular weight excluding hydrogens is 524 g/mol. The van der Waals surface area contributed by atoms with Crippen LogP contribution in [0, 0.1) is 0 Å². The maximum Gasteiger partial charge on any atom is 0.410 e. The van der Waals surface area contributed by atoms with Crippen molar-refractivity contribution in [2.45, 2.75) is 55.4 Å². The highest BCUT2D eigenvalue weighted by atomic mass is 35.5. The number of halogens is 1. The van der Waals surface area contributed by atoms with Crippen molar-refractivity contribution in [1.29, 1.82) is 0 Å². The van der Waals surface area contributed by atoms with E-state index in [1.54, 1.807) is 67.0 Å². The van der Waals surface area contributed by atoms with E-state index in [1.165, 1.54) is 0 Å². The Morgan fingerprint density at radius 1 is 1.11 bits per heavy atom. The van der Waals surface area contributed by atoms with Crippen LogP contribution in [0.4, 0.5) is 4.79 Å². The number of nitrogens with zero attached hydrogens (tertiary/aromatic N) is 2. The third kappa shape index (κ3) is 5.55. The van der Waals surface area contributed by atoms with Gasteiger partial charge in [0.05, 0.1) is 21.4 Å². The molecule has 2 saturated heterocycles. The first-order chi connectivity index (χ1) is 16.8. The lowest BCUT2D eigenvalue weighted by molar-refractivity contribution is -0.131. The maximum absolute atomic E-state index is 13.0. The minimum absolute atomic E-state index is 0.0770. The maximum atomic E-state index is 13.0. The molecule has 4 rings (SSSR count). The van der Waals surface area contributed by atoms with Gasteiger partial charge in [-0.25, -0.2) is 13.2 Å². The molecule has 36 heavy (non-hydrogen) atoms. The predicted molar refractivity (Wildman–Crippen MR) is 140 cm³/mol. The van der Waals surface area contributed by atoms with E-state index < -0.39 is 37.2 Å². The molecule has 0 saturated carbocycles. The number of piperidine rings is 1. The third-order valence-corrected chi connectivity index (χ3v) is 10.6. The molecule has 8 nitrogen and oxygen atoms in total. The zero-order chi connectivity index (χ0) is 26.3. The van der Waals surface area contributed by atoms with E-state index in [1.807, 2.05) is 0 Å². The molecule has 2 aromatic rings. The van der Waals surface area contributed by atoms with Crippen molar-refractivity contribution in [2.75, 3.05) is 31.1 Å². The monoisotopic (exact) mass is 554 g/mol. The molecule has 11 heteroatoms. The number of carbonyl (C=O) groups excluding carboxylic acids is 2. The number of sulfone groups is 1. The summed E-state index contributed by atoms with van der Waals surface area (Å²) in [6, 6.07) is 10.2. The van der Waals surface area contributed by atoms with Crippen LogP contribution in [-0.4, -0.2) is 76.0 Å². The predicted octanol–water partition coefficient (Wildman–Crippen LogP) is 3.98. The average molecular weight is 555 g/mol. The summed E-state index contributed by atoms with van der Waals surface area (Å²) in [6.45, 7) is 6.23. The van der Waals surface area contributed by atoms with E-state index >= 15 is 0 Å². The number of hydrogen-bond donors (Lipinski definition) is 0. The summed E-state index contributed by atoms with van der Waals surface area (Å²) in [5.41, 5.74) is -0.617. The summed E-state index contributed by atoms with van der Waals surface area (Å²) >= 11 is 6.01. The molecule has 0 aliphatic carbocycles. The lowest BCUT2D eigenvalue weighted by Gasteiger charge is -2.43. The van der Waals surface area contributed by atoms with Gasteiger partial charge >= 0.3 is 6.09 Å². The van der Waals surface area contributed by atoms with Crippen molar-refractivity contribution in [3.8, 4) is 0 Å². The van der Waals surface area contributed by atoms with Gasteiger partial charge in [0.25, 0.3) is 0 Å². The Morgan fingerprint density at radius 2 is 1.75 bits per heavy atom. The fraction of sp³-hybridized carbons (Fsp3) is 0.520. The second-order valence-electron chi connectivity index (χ2n) is 10.3. The minimum atomic E-state index is -3.58. The molecular formula is C25H31ClN2O6S2. The Morgan fingerprint density at radius 3 is 2.42 bits per heavy atom. The zero-order valence-corrected chi connectivity index (χ0v) is 23.0. The number of amides is 2. The molecule has 0 aromatic heterocycles. The SMILES string of the molecule is CC(C)(C)OC(=O)N1CCC2(CC1)N(CCCS(=O)(=O)c1ccc3cc(Cl)ccc3c1)C(=O)CS2=O. The number of benzene rings is 2. The lowest BCUT2D eigenvalue weighted by atomic mass is 10.0. The quantitative estimate of drug-likeness (QED) is 0.554. The molecule has 2 aliphatic rings. The van der Waals surface area contributed by atoms with Crippen LogP contribution in [0.1, 0.15) is 40.0 Å². The molecule has 1 unspecified atom stereocenters. The van der Waals surface area contributed by atoms with Crippen LogP contribution in [0.15, 0.2) is 41.3 Å². The Hall–Kier alpha value is -2.17. The van der Waals surface area contributed by atoms with Crippen molar-refractivity contribution < 1.29 is 27.0 Å². The molecule has 2 heterocycles. The number of ether oxygens (including phenoxy) is 1. The molecule has 2 aromatic carbocycles. The van der Waals surface area contributed by atoms with Crippen LogP contribution < -0.4 is 0 Å².